The Bertz CT molecular complexity index is 415. The lowest BCUT2D eigenvalue weighted by atomic mass is 10.4. The molecule has 1 aromatic heterocycles. The number of hydrogen-bond donors (Lipinski definition) is 2. The summed E-state index contributed by atoms with van der Waals surface area (Å²) in [6.45, 7) is 1.67. The van der Waals surface area contributed by atoms with Crippen molar-refractivity contribution in [2.45, 2.75) is 6.42 Å². The first kappa shape index (κ1) is 9.70. The number of nitrogens with one attached hydrogen (secondary N) is 2. The second-order valence-corrected chi connectivity index (χ2v) is 3.39. The highest BCUT2D eigenvalue weighted by atomic mass is 16.2. The summed E-state index contributed by atoms with van der Waals surface area (Å²) in [6, 6.07) is 1.40. The van der Waals surface area contributed by atoms with Crippen molar-refractivity contribution in [1.82, 2.24) is 15.3 Å². The van der Waals surface area contributed by atoms with Crippen LogP contribution >= 0.6 is 0 Å². The number of hydrogen-bond acceptors (Lipinski definition) is 4. The lowest BCUT2D eigenvalue weighted by Gasteiger charge is -2.18. The summed E-state index contributed by atoms with van der Waals surface area (Å²) in [5.41, 5.74) is -0.204. The normalized spacial score (nSPS) is 17.1. The van der Waals surface area contributed by atoms with Crippen molar-refractivity contribution in [3.8, 4) is 0 Å². The van der Waals surface area contributed by atoms with Gasteiger partial charge in [0.1, 0.15) is 5.82 Å². The zero-order valence-corrected chi connectivity index (χ0v) is 8.19. The van der Waals surface area contributed by atoms with Gasteiger partial charge in [0.2, 0.25) is 5.91 Å². The van der Waals surface area contributed by atoms with E-state index >= 15 is 0 Å². The lowest BCUT2D eigenvalue weighted by molar-refractivity contribution is -0.119. The molecule has 6 nitrogen and oxygen atoms in total. The van der Waals surface area contributed by atoms with Crippen LogP contribution in [0.3, 0.4) is 0 Å². The van der Waals surface area contributed by atoms with E-state index in [2.05, 4.69) is 15.3 Å². The molecule has 0 bridgehead atoms. The van der Waals surface area contributed by atoms with E-state index in [1.165, 1.54) is 12.4 Å². The maximum Gasteiger partial charge on any atom is 0.252 e. The molecule has 0 unspecified atom stereocenters. The van der Waals surface area contributed by atoms with Crippen LogP contribution in [0, 0.1) is 0 Å². The molecule has 1 fully saturated rings. The number of carbonyl (C=O) groups is 1. The third-order valence-corrected chi connectivity index (χ3v) is 2.25. The Balaban J connectivity index is 2.21. The van der Waals surface area contributed by atoms with Crippen molar-refractivity contribution in [1.29, 1.82) is 0 Å². The molecule has 1 aromatic rings. The van der Waals surface area contributed by atoms with Crippen LogP contribution in [0.4, 0.5) is 5.82 Å². The summed E-state index contributed by atoms with van der Waals surface area (Å²) in [7, 11) is 0. The zero-order valence-electron chi connectivity index (χ0n) is 8.19. The van der Waals surface area contributed by atoms with Gasteiger partial charge in [0.15, 0.2) is 0 Å². The highest BCUT2D eigenvalue weighted by Crippen LogP contribution is 2.07. The van der Waals surface area contributed by atoms with Gasteiger partial charge in [-0.25, -0.2) is 4.98 Å². The first-order valence-corrected chi connectivity index (χ1v) is 4.82. The molecule has 0 atom stereocenters. The number of aromatic amines is 1. The summed E-state index contributed by atoms with van der Waals surface area (Å²) in [5, 5.41) is 2.76. The predicted octanol–water partition coefficient (Wildman–Crippen LogP) is -0.904. The van der Waals surface area contributed by atoms with Gasteiger partial charge in [-0.1, -0.05) is 0 Å². The van der Waals surface area contributed by atoms with Crippen molar-refractivity contribution in [3.63, 3.8) is 0 Å². The molecule has 2 rings (SSSR count). The van der Waals surface area contributed by atoms with Crippen LogP contribution in [-0.2, 0) is 4.79 Å². The molecule has 2 N–H and O–H groups in total. The van der Waals surface area contributed by atoms with E-state index in [0.717, 1.165) is 13.0 Å². The van der Waals surface area contributed by atoms with Gasteiger partial charge in [-0.2, -0.15) is 0 Å². The average Bonchev–Trinajstić information content (AvgIpc) is 2.43. The number of aromatic nitrogens is 2. The number of rotatable bonds is 1. The Morgan fingerprint density at radius 3 is 3.07 bits per heavy atom. The first-order valence-electron chi connectivity index (χ1n) is 4.82. The largest absolute Gasteiger partial charge is 0.354 e. The number of carbonyl (C=O) groups excluding carboxylic acids is 1. The SMILES string of the molecule is O=C1CN(c2cc(=O)[nH]cn2)CCCN1. The van der Waals surface area contributed by atoms with Crippen LogP contribution in [0.15, 0.2) is 17.2 Å². The molecule has 1 saturated heterocycles. The van der Waals surface area contributed by atoms with E-state index in [1.807, 2.05) is 0 Å². The van der Waals surface area contributed by atoms with Crippen molar-refractivity contribution in [3.05, 3.63) is 22.7 Å². The topological polar surface area (TPSA) is 78.1 Å². The molecule has 0 aliphatic carbocycles. The van der Waals surface area contributed by atoms with E-state index < -0.39 is 0 Å². The molecule has 1 aliphatic rings. The third kappa shape index (κ3) is 2.34. The van der Waals surface area contributed by atoms with Gasteiger partial charge in [-0.05, 0) is 6.42 Å². The van der Waals surface area contributed by atoms with E-state index in [9.17, 15) is 9.59 Å². The second-order valence-electron chi connectivity index (χ2n) is 3.39. The maximum atomic E-state index is 11.3. The fourth-order valence-corrected chi connectivity index (χ4v) is 1.53. The molecular formula is C9H12N4O2. The van der Waals surface area contributed by atoms with Crippen molar-refractivity contribution in [2.75, 3.05) is 24.5 Å². The molecule has 2 heterocycles. The smallest absolute Gasteiger partial charge is 0.252 e. The highest BCUT2D eigenvalue weighted by molar-refractivity contribution is 5.81. The van der Waals surface area contributed by atoms with Gasteiger partial charge in [-0.15, -0.1) is 0 Å². The molecule has 80 valence electrons. The zero-order chi connectivity index (χ0) is 10.7. The third-order valence-electron chi connectivity index (χ3n) is 2.25. The average molecular weight is 208 g/mol. The van der Waals surface area contributed by atoms with Gasteiger partial charge in [-0.3, -0.25) is 9.59 Å². The van der Waals surface area contributed by atoms with Gasteiger partial charge < -0.3 is 15.2 Å². The molecule has 0 radical (unpaired) electrons. The molecule has 1 aliphatic heterocycles. The van der Waals surface area contributed by atoms with Crippen molar-refractivity contribution in [2.24, 2.45) is 0 Å². The minimum Gasteiger partial charge on any atom is -0.354 e. The quantitative estimate of drug-likeness (QED) is 0.626. The molecule has 1 amide bonds. The summed E-state index contributed by atoms with van der Waals surface area (Å²) in [6.07, 6.45) is 2.21. The maximum absolute atomic E-state index is 11.3. The Morgan fingerprint density at radius 1 is 1.40 bits per heavy atom. The predicted molar refractivity (Wildman–Crippen MR) is 54.7 cm³/mol. The van der Waals surface area contributed by atoms with Gasteiger partial charge >= 0.3 is 0 Å². The Hall–Kier alpha value is -1.85. The van der Waals surface area contributed by atoms with E-state index in [4.69, 9.17) is 0 Å². The molecule has 0 saturated carbocycles. The minimum absolute atomic E-state index is 0.0328. The van der Waals surface area contributed by atoms with Crippen LogP contribution in [0.5, 0.6) is 0 Å². The van der Waals surface area contributed by atoms with E-state index in [0.29, 0.717) is 12.4 Å². The van der Waals surface area contributed by atoms with Crippen LogP contribution < -0.4 is 15.8 Å². The fourth-order valence-electron chi connectivity index (χ4n) is 1.53. The molecule has 0 aromatic carbocycles. The minimum atomic E-state index is -0.204. The fraction of sp³-hybridized carbons (Fsp3) is 0.444. The van der Waals surface area contributed by atoms with Crippen molar-refractivity contribution < 1.29 is 4.79 Å². The number of nitrogens with zero attached hydrogens (tertiary/aromatic N) is 2. The standard InChI is InChI=1S/C9H12N4O2/c14-8-4-7(11-6-12-8)13-3-1-2-10-9(15)5-13/h4,6H,1-3,5H2,(H,10,15)(H,11,12,14). The Kier molecular flexibility index (Phi) is 2.66. The van der Waals surface area contributed by atoms with Gasteiger partial charge in [0.25, 0.3) is 5.56 Å². The summed E-state index contributed by atoms with van der Waals surface area (Å²) < 4.78 is 0. The van der Waals surface area contributed by atoms with Crippen LogP contribution in [0.25, 0.3) is 0 Å². The lowest BCUT2D eigenvalue weighted by Crippen LogP contribution is -2.34. The summed E-state index contributed by atoms with van der Waals surface area (Å²) in [4.78, 5) is 30.6. The molecular weight excluding hydrogens is 196 g/mol. The number of anilines is 1. The Labute approximate surface area is 86.3 Å². The molecule has 0 spiro atoms. The summed E-state index contributed by atoms with van der Waals surface area (Å²) >= 11 is 0. The first-order chi connectivity index (χ1) is 7.25. The van der Waals surface area contributed by atoms with Crippen molar-refractivity contribution >= 4 is 11.7 Å². The molecule has 6 heteroatoms. The van der Waals surface area contributed by atoms with Crippen LogP contribution in [0.1, 0.15) is 6.42 Å². The highest BCUT2D eigenvalue weighted by Gasteiger charge is 2.15. The van der Waals surface area contributed by atoms with E-state index in [-0.39, 0.29) is 18.0 Å². The molecule has 15 heavy (non-hydrogen) atoms. The number of amides is 1. The monoisotopic (exact) mass is 208 g/mol. The van der Waals surface area contributed by atoms with Crippen LogP contribution in [0.2, 0.25) is 0 Å². The Morgan fingerprint density at radius 2 is 2.27 bits per heavy atom. The summed E-state index contributed by atoms with van der Waals surface area (Å²) in [5.74, 6) is 0.519. The number of H-pyrrole nitrogens is 1. The van der Waals surface area contributed by atoms with Gasteiger partial charge in [0.05, 0.1) is 12.9 Å². The van der Waals surface area contributed by atoms with Crippen LogP contribution in [-0.4, -0.2) is 35.5 Å². The van der Waals surface area contributed by atoms with Gasteiger partial charge in [0, 0.05) is 19.2 Å². The second kappa shape index (κ2) is 4.12. The van der Waals surface area contributed by atoms with E-state index in [1.54, 1.807) is 4.90 Å².